The number of hydrogen-bond acceptors (Lipinski definition) is 4. The average molecular weight is 292 g/mol. The van der Waals surface area contributed by atoms with E-state index in [9.17, 15) is 4.39 Å². The highest BCUT2D eigenvalue weighted by atomic mass is 32.2. The molecule has 0 saturated carbocycles. The molecule has 1 aliphatic rings. The fraction of sp³-hybridized carbons (Fsp3) is 0.467. The predicted octanol–water partition coefficient (Wildman–Crippen LogP) is 4.25. The molecule has 20 heavy (non-hydrogen) atoms. The second-order valence-corrected chi connectivity index (χ2v) is 6.58. The van der Waals surface area contributed by atoms with Gasteiger partial charge in [-0.05, 0) is 43.0 Å². The molecule has 0 saturated heterocycles. The van der Waals surface area contributed by atoms with Crippen LogP contribution in [0.4, 0.5) is 4.39 Å². The van der Waals surface area contributed by atoms with Crippen molar-refractivity contribution >= 4 is 11.8 Å². The molecule has 3 nitrogen and oxygen atoms in total. The molecular formula is C15H17FN2OS. The summed E-state index contributed by atoms with van der Waals surface area (Å²) < 4.78 is 19.0. The quantitative estimate of drug-likeness (QED) is 0.844. The van der Waals surface area contributed by atoms with Crippen LogP contribution in [0.3, 0.4) is 0 Å². The van der Waals surface area contributed by atoms with Crippen LogP contribution in [0.5, 0.6) is 0 Å². The van der Waals surface area contributed by atoms with Crippen LogP contribution in [0, 0.1) is 5.82 Å². The van der Waals surface area contributed by atoms with Gasteiger partial charge in [0.05, 0.1) is 5.25 Å². The lowest BCUT2D eigenvalue weighted by atomic mass is 10.1. The Balaban J connectivity index is 1.75. The Morgan fingerprint density at radius 3 is 3.05 bits per heavy atom. The number of aryl methyl sites for hydroxylation is 2. The summed E-state index contributed by atoms with van der Waals surface area (Å²) in [5.74, 6) is 1.18. The van der Waals surface area contributed by atoms with Crippen molar-refractivity contribution in [3.8, 4) is 0 Å². The van der Waals surface area contributed by atoms with Crippen LogP contribution in [0.25, 0.3) is 0 Å². The lowest BCUT2D eigenvalue weighted by Crippen LogP contribution is -1.95. The predicted molar refractivity (Wildman–Crippen MR) is 77.1 cm³/mol. The summed E-state index contributed by atoms with van der Waals surface area (Å²) in [6.45, 7) is 4.06. The van der Waals surface area contributed by atoms with Crippen molar-refractivity contribution in [2.45, 2.75) is 43.6 Å². The third-order valence-corrected chi connectivity index (χ3v) is 5.06. The van der Waals surface area contributed by atoms with E-state index in [1.165, 1.54) is 5.56 Å². The van der Waals surface area contributed by atoms with E-state index in [0.29, 0.717) is 17.0 Å². The number of halogens is 1. The number of nitrogens with zero attached hydrogens (tertiary/aromatic N) is 2. The smallest absolute Gasteiger partial charge is 0.229 e. The molecule has 1 heterocycles. The van der Waals surface area contributed by atoms with Crippen LogP contribution in [0.15, 0.2) is 22.6 Å². The largest absolute Gasteiger partial charge is 0.424 e. The van der Waals surface area contributed by atoms with Gasteiger partial charge >= 0.3 is 0 Å². The molecular weight excluding hydrogens is 275 g/mol. The fourth-order valence-electron chi connectivity index (χ4n) is 2.55. The molecule has 0 radical (unpaired) electrons. The van der Waals surface area contributed by atoms with E-state index >= 15 is 0 Å². The van der Waals surface area contributed by atoms with E-state index in [2.05, 4.69) is 17.1 Å². The molecule has 0 aliphatic heterocycles. The van der Waals surface area contributed by atoms with Crippen molar-refractivity contribution in [1.29, 1.82) is 0 Å². The van der Waals surface area contributed by atoms with Crippen molar-refractivity contribution in [1.82, 2.24) is 10.2 Å². The van der Waals surface area contributed by atoms with Crippen molar-refractivity contribution in [3.63, 3.8) is 0 Å². The minimum Gasteiger partial charge on any atom is -0.424 e. The average Bonchev–Trinajstić information content (AvgIpc) is 3.06. The van der Waals surface area contributed by atoms with E-state index in [4.69, 9.17) is 4.42 Å². The summed E-state index contributed by atoms with van der Waals surface area (Å²) in [6, 6.07) is 5.11. The maximum absolute atomic E-state index is 13.4. The topological polar surface area (TPSA) is 38.9 Å². The van der Waals surface area contributed by atoms with Crippen LogP contribution in [-0.4, -0.2) is 10.2 Å². The van der Waals surface area contributed by atoms with Gasteiger partial charge in [0.25, 0.3) is 0 Å². The Bertz CT molecular complexity index is 614. The van der Waals surface area contributed by atoms with Gasteiger partial charge in [-0.3, -0.25) is 0 Å². The summed E-state index contributed by atoms with van der Waals surface area (Å²) >= 11 is 1.77. The zero-order valence-corrected chi connectivity index (χ0v) is 12.4. The third kappa shape index (κ3) is 2.59. The SMILES string of the molecule is CCc1nnc(C(C)SC2CCc3ccc(F)cc32)o1. The van der Waals surface area contributed by atoms with Crippen molar-refractivity contribution in [2.75, 3.05) is 0 Å². The van der Waals surface area contributed by atoms with Gasteiger partial charge in [0.2, 0.25) is 11.8 Å². The summed E-state index contributed by atoms with van der Waals surface area (Å²) in [4.78, 5) is 0. The standard InChI is InChI=1S/C15H17FN2OS/c1-3-14-17-18-15(19-14)9(2)20-13-7-5-10-4-6-11(16)8-12(10)13/h4,6,8-9,13H,3,5,7H2,1-2H3. The third-order valence-electron chi connectivity index (χ3n) is 3.63. The second-order valence-electron chi connectivity index (χ2n) is 5.04. The zero-order chi connectivity index (χ0) is 14.1. The molecule has 0 spiro atoms. The number of rotatable bonds is 4. The summed E-state index contributed by atoms with van der Waals surface area (Å²) in [6.07, 6.45) is 2.81. The molecule has 106 valence electrons. The highest BCUT2D eigenvalue weighted by Gasteiger charge is 2.27. The van der Waals surface area contributed by atoms with Gasteiger partial charge in [-0.15, -0.1) is 22.0 Å². The van der Waals surface area contributed by atoms with Gasteiger partial charge in [0, 0.05) is 11.7 Å². The fourth-order valence-corrected chi connectivity index (χ4v) is 3.88. The second kappa shape index (κ2) is 5.56. The van der Waals surface area contributed by atoms with Gasteiger partial charge in [-0.25, -0.2) is 4.39 Å². The monoisotopic (exact) mass is 292 g/mol. The summed E-state index contributed by atoms with van der Waals surface area (Å²) in [5, 5.41) is 8.53. The Hall–Kier alpha value is -1.36. The van der Waals surface area contributed by atoms with E-state index in [1.54, 1.807) is 23.9 Å². The molecule has 1 aromatic carbocycles. The number of aromatic nitrogens is 2. The van der Waals surface area contributed by atoms with Gasteiger partial charge in [-0.1, -0.05) is 13.0 Å². The lowest BCUT2D eigenvalue weighted by Gasteiger charge is -2.14. The number of fused-ring (bicyclic) bond motifs is 1. The van der Waals surface area contributed by atoms with E-state index in [-0.39, 0.29) is 11.1 Å². The molecule has 0 amide bonds. The molecule has 0 N–H and O–H groups in total. The number of thioether (sulfide) groups is 1. The molecule has 3 rings (SSSR count). The zero-order valence-electron chi connectivity index (χ0n) is 11.6. The van der Waals surface area contributed by atoms with Crippen molar-refractivity contribution in [2.24, 2.45) is 0 Å². The van der Waals surface area contributed by atoms with Gasteiger partial charge < -0.3 is 4.42 Å². The molecule has 5 heteroatoms. The number of benzene rings is 1. The van der Waals surface area contributed by atoms with Gasteiger partial charge in [0.15, 0.2) is 0 Å². The van der Waals surface area contributed by atoms with Gasteiger partial charge in [-0.2, -0.15) is 0 Å². The first kappa shape index (κ1) is 13.6. The molecule has 2 atom stereocenters. The Morgan fingerprint density at radius 1 is 1.45 bits per heavy atom. The van der Waals surface area contributed by atoms with Crippen molar-refractivity contribution < 1.29 is 8.81 Å². The summed E-state index contributed by atoms with van der Waals surface area (Å²) in [7, 11) is 0. The first-order valence-corrected chi connectivity index (χ1v) is 7.87. The summed E-state index contributed by atoms with van der Waals surface area (Å²) in [5.41, 5.74) is 2.38. The minimum absolute atomic E-state index is 0.127. The maximum Gasteiger partial charge on any atom is 0.229 e. The Labute approximate surface area is 122 Å². The van der Waals surface area contributed by atoms with Crippen LogP contribution in [0.1, 0.15) is 53.7 Å². The van der Waals surface area contributed by atoms with Gasteiger partial charge in [0.1, 0.15) is 5.82 Å². The van der Waals surface area contributed by atoms with Crippen LogP contribution in [0.2, 0.25) is 0 Å². The normalized spacial score (nSPS) is 19.1. The lowest BCUT2D eigenvalue weighted by molar-refractivity contribution is 0.456. The van der Waals surface area contributed by atoms with Crippen LogP contribution >= 0.6 is 11.8 Å². The Morgan fingerprint density at radius 2 is 2.30 bits per heavy atom. The first-order valence-electron chi connectivity index (χ1n) is 6.93. The first-order chi connectivity index (χ1) is 9.67. The van der Waals surface area contributed by atoms with Crippen LogP contribution < -0.4 is 0 Å². The maximum atomic E-state index is 13.4. The molecule has 0 fully saturated rings. The highest BCUT2D eigenvalue weighted by Crippen LogP contribution is 2.47. The Kier molecular flexibility index (Phi) is 3.78. The van der Waals surface area contributed by atoms with E-state index in [0.717, 1.165) is 24.8 Å². The number of hydrogen-bond donors (Lipinski definition) is 0. The van der Waals surface area contributed by atoms with Crippen LogP contribution in [-0.2, 0) is 12.8 Å². The van der Waals surface area contributed by atoms with E-state index in [1.807, 2.05) is 13.0 Å². The highest BCUT2D eigenvalue weighted by molar-refractivity contribution is 7.99. The molecule has 0 bridgehead atoms. The minimum atomic E-state index is -0.157. The molecule has 1 aliphatic carbocycles. The molecule has 2 aromatic rings. The molecule has 2 unspecified atom stereocenters. The van der Waals surface area contributed by atoms with E-state index < -0.39 is 0 Å². The van der Waals surface area contributed by atoms with Crippen molar-refractivity contribution in [3.05, 3.63) is 46.9 Å². The molecule has 1 aromatic heterocycles.